The third kappa shape index (κ3) is 3.01. The summed E-state index contributed by atoms with van der Waals surface area (Å²) in [6, 6.07) is 6.66. The number of hydrogen-bond acceptors (Lipinski definition) is 2. The van der Waals surface area contributed by atoms with Crippen molar-refractivity contribution in [3.63, 3.8) is 0 Å². The summed E-state index contributed by atoms with van der Waals surface area (Å²) in [6.07, 6.45) is 0.920. The number of amides is 1. The molecule has 4 unspecified atom stereocenters. The standard InChI is InChI=1S/C16H23FN2O/c1-10-8-14(13-4-6-15(17)7-5-13)9-19(10)16(20)11(2)12(3)18/h4-7,10-12,14H,8-9,18H2,1-3H3. The van der Waals surface area contributed by atoms with Crippen molar-refractivity contribution in [2.45, 2.75) is 45.2 Å². The maximum absolute atomic E-state index is 13.0. The number of carbonyl (C=O) groups is 1. The third-order valence-electron chi connectivity index (χ3n) is 4.38. The maximum atomic E-state index is 13.0. The van der Waals surface area contributed by atoms with Crippen LogP contribution < -0.4 is 5.73 Å². The minimum absolute atomic E-state index is 0.122. The summed E-state index contributed by atoms with van der Waals surface area (Å²) >= 11 is 0. The number of rotatable bonds is 3. The van der Waals surface area contributed by atoms with Crippen LogP contribution in [0.15, 0.2) is 24.3 Å². The van der Waals surface area contributed by atoms with Gasteiger partial charge in [0, 0.05) is 24.5 Å². The average molecular weight is 278 g/mol. The van der Waals surface area contributed by atoms with Gasteiger partial charge in [-0.3, -0.25) is 4.79 Å². The quantitative estimate of drug-likeness (QED) is 0.923. The van der Waals surface area contributed by atoms with Crippen LogP contribution in [0.3, 0.4) is 0 Å². The van der Waals surface area contributed by atoms with E-state index in [0.717, 1.165) is 12.0 Å². The van der Waals surface area contributed by atoms with Crippen molar-refractivity contribution in [2.75, 3.05) is 6.54 Å². The Hall–Kier alpha value is -1.42. The number of nitrogens with zero attached hydrogens (tertiary/aromatic N) is 1. The van der Waals surface area contributed by atoms with Crippen molar-refractivity contribution >= 4 is 5.91 Å². The summed E-state index contributed by atoms with van der Waals surface area (Å²) in [5.41, 5.74) is 6.92. The van der Waals surface area contributed by atoms with Gasteiger partial charge in [0.1, 0.15) is 5.82 Å². The van der Waals surface area contributed by atoms with E-state index in [1.54, 1.807) is 0 Å². The lowest BCUT2D eigenvalue weighted by molar-refractivity contribution is -0.136. The largest absolute Gasteiger partial charge is 0.339 e. The van der Waals surface area contributed by atoms with Gasteiger partial charge in [0.05, 0.1) is 5.92 Å². The SMILES string of the molecule is CC(N)C(C)C(=O)N1CC(c2ccc(F)cc2)CC1C. The molecule has 2 rings (SSSR count). The second-order valence-electron chi connectivity index (χ2n) is 5.97. The van der Waals surface area contributed by atoms with Gasteiger partial charge >= 0.3 is 0 Å². The van der Waals surface area contributed by atoms with E-state index in [4.69, 9.17) is 5.73 Å². The first kappa shape index (κ1) is 15.0. The molecule has 0 bridgehead atoms. The highest BCUT2D eigenvalue weighted by Crippen LogP contribution is 2.32. The summed E-state index contributed by atoms with van der Waals surface area (Å²) in [7, 11) is 0. The lowest BCUT2D eigenvalue weighted by Crippen LogP contribution is -2.43. The molecule has 0 saturated carbocycles. The van der Waals surface area contributed by atoms with Gasteiger partial charge in [0.2, 0.25) is 5.91 Å². The fraction of sp³-hybridized carbons (Fsp3) is 0.562. The second kappa shape index (κ2) is 5.92. The lowest BCUT2D eigenvalue weighted by atomic mass is 9.97. The molecule has 0 spiro atoms. The van der Waals surface area contributed by atoms with Crippen LogP contribution in [-0.2, 0) is 4.79 Å². The Kier molecular flexibility index (Phi) is 4.43. The van der Waals surface area contributed by atoms with Gasteiger partial charge in [-0.2, -0.15) is 0 Å². The van der Waals surface area contributed by atoms with E-state index >= 15 is 0 Å². The molecule has 4 heteroatoms. The van der Waals surface area contributed by atoms with Crippen LogP contribution >= 0.6 is 0 Å². The number of likely N-dealkylation sites (tertiary alicyclic amines) is 1. The van der Waals surface area contributed by atoms with Crippen molar-refractivity contribution in [3.8, 4) is 0 Å². The van der Waals surface area contributed by atoms with Crippen LogP contribution in [0.5, 0.6) is 0 Å². The van der Waals surface area contributed by atoms with Crippen molar-refractivity contribution in [3.05, 3.63) is 35.6 Å². The molecule has 110 valence electrons. The van der Waals surface area contributed by atoms with E-state index in [2.05, 4.69) is 6.92 Å². The molecule has 4 atom stereocenters. The topological polar surface area (TPSA) is 46.3 Å². The molecule has 0 aliphatic carbocycles. The van der Waals surface area contributed by atoms with E-state index in [1.807, 2.05) is 30.9 Å². The normalized spacial score (nSPS) is 25.6. The zero-order chi connectivity index (χ0) is 14.9. The van der Waals surface area contributed by atoms with Gasteiger partial charge in [0.25, 0.3) is 0 Å². The fourth-order valence-electron chi connectivity index (χ4n) is 2.80. The minimum Gasteiger partial charge on any atom is -0.339 e. The van der Waals surface area contributed by atoms with E-state index in [-0.39, 0.29) is 35.6 Å². The van der Waals surface area contributed by atoms with Gasteiger partial charge in [0.15, 0.2) is 0 Å². The molecule has 1 aliphatic heterocycles. The van der Waals surface area contributed by atoms with Gasteiger partial charge in [-0.1, -0.05) is 19.1 Å². The van der Waals surface area contributed by atoms with Gasteiger partial charge in [-0.25, -0.2) is 4.39 Å². The van der Waals surface area contributed by atoms with Crippen LogP contribution in [0.25, 0.3) is 0 Å². The van der Waals surface area contributed by atoms with Crippen LogP contribution in [0, 0.1) is 11.7 Å². The van der Waals surface area contributed by atoms with Gasteiger partial charge in [-0.05, 0) is 38.0 Å². The molecule has 1 saturated heterocycles. The van der Waals surface area contributed by atoms with E-state index in [1.165, 1.54) is 12.1 Å². The Balaban J connectivity index is 2.09. The Morgan fingerprint density at radius 2 is 1.95 bits per heavy atom. The first-order valence-electron chi connectivity index (χ1n) is 7.21. The molecule has 1 aromatic rings. The molecule has 1 aliphatic rings. The number of hydrogen-bond donors (Lipinski definition) is 1. The molecule has 0 radical (unpaired) electrons. The molecule has 1 amide bonds. The van der Waals surface area contributed by atoms with Gasteiger partial charge in [-0.15, -0.1) is 0 Å². The Labute approximate surface area is 120 Å². The molecular formula is C16H23FN2O. The summed E-state index contributed by atoms with van der Waals surface area (Å²) in [5.74, 6) is 0.0228. The Bertz CT molecular complexity index is 472. The molecule has 3 nitrogen and oxygen atoms in total. The Morgan fingerprint density at radius 3 is 2.50 bits per heavy atom. The maximum Gasteiger partial charge on any atom is 0.227 e. The second-order valence-corrected chi connectivity index (χ2v) is 5.97. The minimum atomic E-state index is -0.224. The predicted octanol–water partition coefficient (Wildman–Crippen LogP) is 2.51. The zero-order valence-corrected chi connectivity index (χ0v) is 12.3. The fourth-order valence-corrected chi connectivity index (χ4v) is 2.80. The van der Waals surface area contributed by atoms with E-state index in [9.17, 15) is 9.18 Å². The molecule has 20 heavy (non-hydrogen) atoms. The smallest absolute Gasteiger partial charge is 0.227 e. The molecule has 2 N–H and O–H groups in total. The summed E-state index contributed by atoms with van der Waals surface area (Å²) in [5, 5.41) is 0. The molecule has 1 heterocycles. The van der Waals surface area contributed by atoms with Crippen LogP contribution in [0.1, 0.15) is 38.7 Å². The molecule has 0 aromatic heterocycles. The summed E-state index contributed by atoms with van der Waals surface area (Å²) < 4.78 is 13.0. The van der Waals surface area contributed by atoms with Crippen molar-refractivity contribution in [1.82, 2.24) is 4.90 Å². The van der Waals surface area contributed by atoms with Crippen molar-refractivity contribution in [2.24, 2.45) is 11.7 Å². The van der Waals surface area contributed by atoms with Crippen LogP contribution in [-0.4, -0.2) is 29.4 Å². The first-order valence-corrected chi connectivity index (χ1v) is 7.21. The van der Waals surface area contributed by atoms with E-state index < -0.39 is 0 Å². The third-order valence-corrected chi connectivity index (χ3v) is 4.38. The number of carbonyl (C=O) groups excluding carboxylic acids is 1. The number of benzene rings is 1. The lowest BCUT2D eigenvalue weighted by Gasteiger charge is -2.26. The highest BCUT2D eigenvalue weighted by Gasteiger charge is 2.35. The van der Waals surface area contributed by atoms with Crippen molar-refractivity contribution < 1.29 is 9.18 Å². The van der Waals surface area contributed by atoms with Crippen LogP contribution in [0.2, 0.25) is 0 Å². The predicted molar refractivity (Wildman–Crippen MR) is 77.7 cm³/mol. The first-order chi connectivity index (χ1) is 9.40. The van der Waals surface area contributed by atoms with Crippen LogP contribution in [0.4, 0.5) is 4.39 Å². The zero-order valence-electron chi connectivity index (χ0n) is 12.3. The monoisotopic (exact) mass is 278 g/mol. The highest BCUT2D eigenvalue weighted by molar-refractivity contribution is 5.80. The average Bonchev–Trinajstić information content (AvgIpc) is 2.79. The van der Waals surface area contributed by atoms with Gasteiger partial charge < -0.3 is 10.6 Å². The molecule has 1 aromatic carbocycles. The Morgan fingerprint density at radius 1 is 1.35 bits per heavy atom. The molecule has 1 fully saturated rings. The number of halogens is 1. The van der Waals surface area contributed by atoms with E-state index in [0.29, 0.717) is 6.54 Å². The molecular weight excluding hydrogens is 255 g/mol. The summed E-state index contributed by atoms with van der Waals surface area (Å²) in [6.45, 7) is 6.50. The van der Waals surface area contributed by atoms with Crippen molar-refractivity contribution in [1.29, 1.82) is 0 Å². The summed E-state index contributed by atoms with van der Waals surface area (Å²) in [4.78, 5) is 14.3. The number of nitrogens with two attached hydrogens (primary N) is 1. The highest BCUT2D eigenvalue weighted by atomic mass is 19.1.